The lowest BCUT2D eigenvalue weighted by molar-refractivity contribution is 0.674. The number of fused-ring (bicyclic) bond motifs is 7. The van der Waals surface area contributed by atoms with Crippen LogP contribution in [0.5, 0.6) is 0 Å². The SMILES string of the molecule is c1ccc(-c2ccc(-n3c4ccccc4c4c5oc6c(-c7ccc(-c8nc(-c9ccccc9)nc(-c9ccccc9)n8)cc7)cccc6c5ccc43)cc2)cc1. The second-order valence-corrected chi connectivity index (χ2v) is 14.0. The first-order chi connectivity index (χ1) is 27.8. The Morgan fingerprint density at radius 3 is 1.45 bits per heavy atom. The predicted octanol–water partition coefficient (Wildman–Crippen LogP) is 13.2. The van der Waals surface area contributed by atoms with Crippen LogP contribution in [0.1, 0.15) is 0 Å². The smallest absolute Gasteiger partial charge is 0.164 e. The van der Waals surface area contributed by atoms with Crippen molar-refractivity contribution < 1.29 is 4.42 Å². The van der Waals surface area contributed by atoms with Crippen molar-refractivity contribution in [2.75, 3.05) is 0 Å². The van der Waals surface area contributed by atoms with Crippen LogP contribution in [-0.4, -0.2) is 19.5 Å². The minimum Gasteiger partial charge on any atom is -0.455 e. The maximum Gasteiger partial charge on any atom is 0.164 e. The van der Waals surface area contributed by atoms with E-state index in [1.165, 1.54) is 11.1 Å². The lowest BCUT2D eigenvalue weighted by atomic mass is 10.0. The van der Waals surface area contributed by atoms with Gasteiger partial charge in [-0.3, -0.25) is 0 Å². The minimum atomic E-state index is 0.625. The van der Waals surface area contributed by atoms with Crippen molar-refractivity contribution in [1.29, 1.82) is 0 Å². The number of hydrogen-bond donors (Lipinski definition) is 0. The standard InChI is InChI=1S/C51H32N4O/c1-4-13-33(14-5-1)34-27-29-39(30-28-34)55-44-22-11-10-19-43(44)46-45(55)32-31-42-41-21-12-20-40(47(41)56-48(42)46)35-23-25-38(26-24-35)51-53-49(36-15-6-2-7-16-36)52-50(54-51)37-17-8-3-9-18-37/h1-32H. The number of nitrogens with zero attached hydrogens (tertiary/aromatic N) is 4. The van der Waals surface area contributed by atoms with E-state index in [0.29, 0.717) is 17.5 Å². The third-order valence-corrected chi connectivity index (χ3v) is 10.7. The van der Waals surface area contributed by atoms with Crippen molar-refractivity contribution in [3.63, 3.8) is 0 Å². The first-order valence-electron chi connectivity index (χ1n) is 18.8. The molecule has 0 saturated heterocycles. The molecule has 0 saturated carbocycles. The molecule has 0 unspecified atom stereocenters. The van der Waals surface area contributed by atoms with Gasteiger partial charge in [0.1, 0.15) is 11.2 Å². The Morgan fingerprint density at radius 1 is 0.321 bits per heavy atom. The molecular weight excluding hydrogens is 685 g/mol. The molecule has 11 aromatic rings. The monoisotopic (exact) mass is 716 g/mol. The summed E-state index contributed by atoms with van der Waals surface area (Å²) in [4.78, 5) is 14.7. The van der Waals surface area contributed by atoms with Crippen LogP contribution < -0.4 is 0 Å². The van der Waals surface area contributed by atoms with Gasteiger partial charge in [0.05, 0.1) is 16.4 Å². The molecular formula is C51H32N4O. The largest absolute Gasteiger partial charge is 0.455 e. The van der Waals surface area contributed by atoms with Crippen molar-refractivity contribution >= 4 is 43.7 Å². The van der Waals surface area contributed by atoms with E-state index < -0.39 is 0 Å². The van der Waals surface area contributed by atoms with Gasteiger partial charge in [0, 0.05) is 44.1 Å². The molecule has 0 N–H and O–H groups in total. The fraction of sp³-hybridized carbons (Fsp3) is 0. The number of rotatable bonds is 6. The molecule has 0 aliphatic carbocycles. The van der Waals surface area contributed by atoms with Crippen molar-refractivity contribution in [2.24, 2.45) is 0 Å². The van der Waals surface area contributed by atoms with Gasteiger partial charge >= 0.3 is 0 Å². The van der Waals surface area contributed by atoms with Crippen molar-refractivity contribution in [2.45, 2.75) is 0 Å². The van der Waals surface area contributed by atoms with E-state index in [1.54, 1.807) is 0 Å². The Hall–Kier alpha value is -7.63. The number of benzene rings is 8. The fourth-order valence-electron chi connectivity index (χ4n) is 7.98. The molecule has 56 heavy (non-hydrogen) atoms. The van der Waals surface area contributed by atoms with Gasteiger partial charge in [-0.25, -0.2) is 15.0 Å². The molecule has 0 radical (unpaired) electrons. The highest BCUT2D eigenvalue weighted by molar-refractivity contribution is 6.24. The van der Waals surface area contributed by atoms with Crippen LogP contribution in [0, 0.1) is 0 Å². The van der Waals surface area contributed by atoms with Gasteiger partial charge in [-0.15, -0.1) is 0 Å². The summed E-state index contributed by atoms with van der Waals surface area (Å²) in [5.41, 5.74) is 12.4. The molecule has 5 heteroatoms. The summed E-state index contributed by atoms with van der Waals surface area (Å²) in [6, 6.07) is 67.4. The molecule has 8 aromatic carbocycles. The quantitative estimate of drug-likeness (QED) is 0.172. The average Bonchev–Trinajstić information content (AvgIpc) is 3.83. The molecule has 262 valence electrons. The number of aromatic nitrogens is 4. The Kier molecular flexibility index (Phi) is 7.42. The van der Waals surface area contributed by atoms with Crippen LogP contribution in [0.3, 0.4) is 0 Å². The zero-order chi connectivity index (χ0) is 37.0. The van der Waals surface area contributed by atoms with Gasteiger partial charge in [-0.1, -0.05) is 164 Å². The molecule has 0 aliphatic rings. The Balaban J connectivity index is 1.02. The lowest BCUT2D eigenvalue weighted by Gasteiger charge is -2.09. The molecule has 3 aromatic heterocycles. The summed E-state index contributed by atoms with van der Waals surface area (Å²) in [5.74, 6) is 1.91. The molecule has 0 atom stereocenters. The van der Waals surface area contributed by atoms with Gasteiger partial charge < -0.3 is 8.98 Å². The predicted molar refractivity (Wildman–Crippen MR) is 229 cm³/mol. The van der Waals surface area contributed by atoms with Gasteiger partial charge in [-0.05, 0) is 47.0 Å². The Morgan fingerprint density at radius 2 is 0.804 bits per heavy atom. The summed E-state index contributed by atoms with van der Waals surface area (Å²) in [6.45, 7) is 0. The highest BCUT2D eigenvalue weighted by Crippen LogP contribution is 2.43. The molecule has 11 rings (SSSR count). The third kappa shape index (κ3) is 5.29. The topological polar surface area (TPSA) is 56.7 Å². The van der Waals surface area contributed by atoms with Crippen LogP contribution in [0.15, 0.2) is 199 Å². The van der Waals surface area contributed by atoms with Crippen molar-refractivity contribution in [3.8, 4) is 62.1 Å². The van der Waals surface area contributed by atoms with E-state index in [-0.39, 0.29) is 0 Å². The van der Waals surface area contributed by atoms with E-state index in [1.807, 2.05) is 60.7 Å². The van der Waals surface area contributed by atoms with Crippen LogP contribution >= 0.6 is 0 Å². The molecule has 5 nitrogen and oxygen atoms in total. The Bertz CT molecular complexity index is 3150. The molecule has 3 heterocycles. The van der Waals surface area contributed by atoms with Crippen LogP contribution in [0.2, 0.25) is 0 Å². The number of hydrogen-bond acceptors (Lipinski definition) is 4. The van der Waals surface area contributed by atoms with Gasteiger partial charge in [0.25, 0.3) is 0 Å². The molecule has 0 amide bonds. The van der Waals surface area contributed by atoms with Gasteiger partial charge in [0.2, 0.25) is 0 Å². The highest BCUT2D eigenvalue weighted by Gasteiger charge is 2.20. The normalized spacial score (nSPS) is 11.6. The fourth-order valence-corrected chi connectivity index (χ4v) is 7.98. The first-order valence-corrected chi connectivity index (χ1v) is 18.8. The first kappa shape index (κ1) is 31.9. The van der Waals surface area contributed by atoms with Crippen molar-refractivity contribution in [3.05, 3.63) is 194 Å². The van der Waals surface area contributed by atoms with Gasteiger partial charge in [-0.2, -0.15) is 0 Å². The van der Waals surface area contributed by atoms with E-state index in [4.69, 9.17) is 19.4 Å². The zero-order valence-corrected chi connectivity index (χ0v) is 30.2. The maximum atomic E-state index is 6.98. The Labute approximate surface area is 322 Å². The molecule has 0 bridgehead atoms. The molecule has 0 spiro atoms. The van der Waals surface area contributed by atoms with E-state index in [2.05, 4.69) is 138 Å². The third-order valence-electron chi connectivity index (χ3n) is 10.7. The second-order valence-electron chi connectivity index (χ2n) is 14.0. The van der Waals surface area contributed by atoms with E-state index in [9.17, 15) is 0 Å². The van der Waals surface area contributed by atoms with Gasteiger partial charge in [0.15, 0.2) is 17.5 Å². The van der Waals surface area contributed by atoms with E-state index >= 15 is 0 Å². The summed E-state index contributed by atoms with van der Waals surface area (Å²) >= 11 is 0. The maximum absolute atomic E-state index is 6.98. The average molecular weight is 717 g/mol. The lowest BCUT2D eigenvalue weighted by Crippen LogP contribution is -2.00. The highest BCUT2D eigenvalue weighted by atomic mass is 16.3. The number of furan rings is 1. The summed E-state index contributed by atoms with van der Waals surface area (Å²) in [5, 5.41) is 4.46. The summed E-state index contributed by atoms with van der Waals surface area (Å²) < 4.78 is 9.33. The summed E-state index contributed by atoms with van der Waals surface area (Å²) in [7, 11) is 0. The zero-order valence-electron chi connectivity index (χ0n) is 30.2. The number of para-hydroxylation sites is 2. The van der Waals surface area contributed by atoms with Crippen LogP contribution in [0.4, 0.5) is 0 Å². The second kappa shape index (κ2) is 13.0. The summed E-state index contributed by atoms with van der Waals surface area (Å²) in [6.07, 6.45) is 0. The van der Waals surface area contributed by atoms with E-state index in [0.717, 1.165) is 77.2 Å². The molecule has 0 aliphatic heterocycles. The minimum absolute atomic E-state index is 0.625. The van der Waals surface area contributed by atoms with Crippen LogP contribution in [0.25, 0.3) is 106 Å². The van der Waals surface area contributed by atoms with Crippen LogP contribution in [-0.2, 0) is 0 Å². The van der Waals surface area contributed by atoms with Crippen molar-refractivity contribution in [1.82, 2.24) is 19.5 Å². The molecule has 0 fully saturated rings.